The summed E-state index contributed by atoms with van der Waals surface area (Å²) in [5.41, 5.74) is -1.63. The molecule has 11 heteroatoms. The van der Waals surface area contributed by atoms with Gasteiger partial charge in [0.05, 0.1) is 16.0 Å². The third kappa shape index (κ3) is 5.31. The van der Waals surface area contributed by atoms with Gasteiger partial charge in [0, 0.05) is 0 Å². The lowest BCUT2D eigenvalue weighted by molar-refractivity contribution is -0.138. The highest BCUT2D eigenvalue weighted by Crippen LogP contribution is 2.37. The fraction of sp³-hybridized carbons (Fsp3) is 0.143. The maximum Gasteiger partial charge on any atom is 0.416 e. The van der Waals surface area contributed by atoms with E-state index in [0.29, 0.717) is 15.9 Å². The van der Waals surface area contributed by atoms with Crippen LogP contribution in [0.5, 0.6) is 0 Å². The molecule has 0 amide bonds. The van der Waals surface area contributed by atoms with Crippen LogP contribution in [0.3, 0.4) is 0 Å². The molecule has 170 valence electrons. The second kappa shape index (κ2) is 8.50. The van der Waals surface area contributed by atoms with Crippen molar-refractivity contribution in [1.29, 1.82) is 0 Å². The number of benzene rings is 3. The van der Waals surface area contributed by atoms with Gasteiger partial charge in [-0.1, -0.05) is 36.4 Å². The van der Waals surface area contributed by atoms with Gasteiger partial charge in [-0.25, -0.2) is 8.42 Å². The molecule has 0 aliphatic heterocycles. The molecule has 0 radical (unpaired) electrons. The molecule has 0 bridgehead atoms. The van der Waals surface area contributed by atoms with Crippen molar-refractivity contribution < 1.29 is 39.3 Å². The summed E-state index contributed by atoms with van der Waals surface area (Å²) in [6.07, 6.45) is -9.16. The Hall–Kier alpha value is -2.42. The number of alkyl halides is 6. The molecule has 0 fully saturated rings. The first-order chi connectivity index (χ1) is 14.7. The van der Waals surface area contributed by atoms with Crippen LogP contribution in [0.15, 0.2) is 71.6 Å². The minimum Gasteiger partial charge on any atom is -0.744 e. The van der Waals surface area contributed by atoms with E-state index in [1.165, 1.54) is 43.3 Å². The molecule has 0 aliphatic rings. The molecule has 3 nitrogen and oxygen atoms in total. The van der Waals surface area contributed by atoms with E-state index in [1.807, 2.05) is 0 Å². The molecule has 0 aromatic heterocycles. The molecular weight excluding hydrogens is 477 g/mol. The molecule has 32 heavy (non-hydrogen) atoms. The predicted molar refractivity (Wildman–Crippen MR) is 108 cm³/mol. The summed E-state index contributed by atoms with van der Waals surface area (Å²) in [5, 5.41) is 0.969. The smallest absolute Gasteiger partial charge is 0.416 e. The van der Waals surface area contributed by atoms with E-state index < -0.39 is 46.4 Å². The van der Waals surface area contributed by atoms with Crippen molar-refractivity contribution in [3.05, 3.63) is 83.4 Å². The number of rotatable bonds is 4. The standard InChI is InChI=1S/C21H15F6O3PS/c1-13-2-7-18(12-19(13)32(28,29)30)31(16-8-3-14(4-9-16)20(22,23)24)17-10-5-15(6-11-17)21(25,26)27/h2-12H,1H3,(H,28,29,30)/p-1. The zero-order valence-corrected chi connectivity index (χ0v) is 17.9. The van der Waals surface area contributed by atoms with Gasteiger partial charge in [0.2, 0.25) is 0 Å². The van der Waals surface area contributed by atoms with Crippen LogP contribution in [-0.4, -0.2) is 13.0 Å². The van der Waals surface area contributed by atoms with Gasteiger partial charge >= 0.3 is 12.4 Å². The fourth-order valence-electron chi connectivity index (χ4n) is 3.04. The summed E-state index contributed by atoms with van der Waals surface area (Å²) in [6, 6.07) is 12.1. The maximum atomic E-state index is 12.9. The summed E-state index contributed by atoms with van der Waals surface area (Å²) >= 11 is 0. The van der Waals surface area contributed by atoms with Gasteiger partial charge < -0.3 is 4.55 Å². The Morgan fingerprint density at radius 1 is 0.688 bits per heavy atom. The molecule has 0 heterocycles. The van der Waals surface area contributed by atoms with Crippen molar-refractivity contribution in [2.45, 2.75) is 24.2 Å². The minimum absolute atomic E-state index is 0.179. The largest absolute Gasteiger partial charge is 0.744 e. The van der Waals surface area contributed by atoms with Crippen LogP contribution in [-0.2, 0) is 22.5 Å². The van der Waals surface area contributed by atoms with Gasteiger partial charge in [-0.2, -0.15) is 26.3 Å². The summed E-state index contributed by atoms with van der Waals surface area (Å²) in [7, 11) is -6.60. The van der Waals surface area contributed by atoms with Crippen LogP contribution in [0.4, 0.5) is 26.3 Å². The lowest BCUT2D eigenvalue weighted by Gasteiger charge is -2.22. The van der Waals surface area contributed by atoms with Gasteiger partial charge in [0.1, 0.15) is 10.1 Å². The molecule has 0 atom stereocenters. The van der Waals surface area contributed by atoms with Crippen LogP contribution in [0.2, 0.25) is 0 Å². The highest BCUT2D eigenvalue weighted by molar-refractivity contribution is 7.86. The SMILES string of the molecule is Cc1ccc(P(c2ccc(C(F)(F)F)cc2)c2ccc(C(F)(F)F)cc2)cc1S(=O)(=O)[O-]. The molecule has 3 aromatic carbocycles. The third-order valence-electron chi connectivity index (χ3n) is 4.60. The first-order valence-corrected chi connectivity index (χ1v) is 11.6. The third-order valence-corrected chi connectivity index (χ3v) is 8.01. The molecule has 0 aliphatic carbocycles. The fourth-order valence-corrected chi connectivity index (χ4v) is 6.14. The van der Waals surface area contributed by atoms with Crippen LogP contribution in [0, 0.1) is 6.92 Å². The van der Waals surface area contributed by atoms with Crippen molar-refractivity contribution in [1.82, 2.24) is 0 Å². The van der Waals surface area contributed by atoms with Crippen molar-refractivity contribution in [2.75, 3.05) is 0 Å². The zero-order chi connectivity index (χ0) is 23.9. The van der Waals surface area contributed by atoms with Gasteiger partial charge in [-0.05, 0) is 66.7 Å². The van der Waals surface area contributed by atoms with Crippen molar-refractivity contribution in [3.63, 3.8) is 0 Å². The highest BCUT2D eigenvalue weighted by atomic mass is 32.2. The Morgan fingerprint density at radius 3 is 1.41 bits per heavy atom. The number of aryl methyl sites for hydroxylation is 1. The second-order valence-electron chi connectivity index (χ2n) is 6.83. The zero-order valence-electron chi connectivity index (χ0n) is 16.2. The Kier molecular flexibility index (Phi) is 6.43. The van der Waals surface area contributed by atoms with Gasteiger partial charge in [-0.3, -0.25) is 0 Å². The minimum atomic E-state index is -4.84. The second-order valence-corrected chi connectivity index (χ2v) is 10.4. The maximum absolute atomic E-state index is 12.9. The topological polar surface area (TPSA) is 57.2 Å². The number of hydrogen-bond acceptors (Lipinski definition) is 3. The normalized spacial score (nSPS) is 12.9. The molecule has 0 spiro atoms. The molecule has 3 aromatic rings. The number of hydrogen-bond donors (Lipinski definition) is 0. The average molecular weight is 491 g/mol. The van der Waals surface area contributed by atoms with E-state index in [9.17, 15) is 39.3 Å². The van der Waals surface area contributed by atoms with E-state index in [2.05, 4.69) is 0 Å². The Bertz CT molecular complexity index is 1160. The van der Waals surface area contributed by atoms with Crippen molar-refractivity contribution in [2.24, 2.45) is 0 Å². The van der Waals surface area contributed by atoms with Crippen molar-refractivity contribution >= 4 is 34.0 Å². The van der Waals surface area contributed by atoms with E-state index >= 15 is 0 Å². The first-order valence-electron chi connectivity index (χ1n) is 8.89. The monoisotopic (exact) mass is 491 g/mol. The number of halogens is 6. The predicted octanol–water partition coefficient (Wildman–Crippen LogP) is 4.69. The van der Waals surface area contributed by atoms with E-state index in [1.54, 1.807) is 0 Å². The quantitative estimate of drug-likeness (QED) is 0.302. The molecule has 3 rings (SSSR count). The molecule has 0 saturated carbocycles. The molecule has 0 saturated heterocycles. The summed E-state index contributed by atoms with van der Waals surface area (Å²) in [4.78, 5) is -0.499. The lowest BCUT2D eigenvalue weighted by atomic mass is 10.2. The van der Waals surface area contributed by atoms with Crippen LogP contribution in [0.25, 0.3) is 0 Å². The van der Waals surface area contributed by atoms with Gasteiger partial charge in [0.25, 0.3) is 0 Å². The lowest BCUT2D eigenvalue weighted by Crippen LogP contribution is -2.22. The molecule has 0 N–H and O–H groups in total. The highest BCUT2D eigenvalue weighted by Gasteiger charge is 2.32. The summed E-state index contributed by atoms with van der Waals surface area (Å²) < 4.78 is 113. The van der Waals surface area contributed by atoms with Crippen LogP contribution >= 0.6 is 7.92 Å². The first kappa shape index (κ1) is 24.2. The summed E-state index contributed by atoms with van der Waals surface area (Å²) in [5.74, 6) is 0. The van der Waals surface area contributed by atoms with Gasteiger partial charge in [0.15, 0.2) is 0 Å². The van der Waals surface area contributed by atoms with E-state index in [4.69, 9.17) is 0 Å². The Morgan fingerprint density at radius 2 is 1.06 bits per heavy atom. The van der Waals surface area contributed by atoms with E-state index in [-0.39, 0.29) is 5.56 Å². The Balaban J connectivity index is 2.19. The molecule has 0 unspecified atom stereocenters. The molecular formula is C21H14F6O3PS-. The van der Waals surface area contributed by atoms with Gasteiger partial charge in [-0.15, -0.1) is 0 Å². The van der Waals surface area contributed by atoms with Crippen LogP contribution in [0.1, 0.15) is 16.7 Å². The Labute approximate surface area is 181 Å². The van der Waals surface area contributed by atoms with Crippen molar-refractivity contribution in [3.8, 4) is 0 Å². The van der Waals surface area contributed by atoms with E-state index in [0.717, 1.165) is 30.3 Å². The summed E-state index contributed by atoms with van der Waals surface area (Å²) in [6.45, 7) is 1.41. The average Bonchev–Trinajstić information content (AvgIpc) is 2.68. The van der Waals surface area contributed by atoms with Crippen LogP contribution < -0.4 is 15.9 Å².